The average molecular weight is 249 g/mol. The van der Waals surface area contributed by atoms with Crippen molar-refractivity contribution in [3.63, 3.8) is 0 Å². The van der Waals surface area contributed by atoms with Gasteiger partial charge in [0.1, 0.15) is 0 Å². The summed E-state index contributed by atoms with van der Waals surface area (Å²) in [6.45, 7) is 0. The van der Waals surface area contributed by atoms with Gasteiger partial charge in [-0.3, -0.25) is 0 Å². The van der Waals surface area contributed by atoms with E-state index < -0.39 is 0 Å². The first-order valence-electron chi connectivity index (χ1n) is 4.53. The fourth-order valence-corrected chi connectivity index (χ4v) is 1.88. The van der Waals surface area contributed by atoms with Gasteiger partial charge in [0.2, 0.25) is 5.69 Å². The molecule has 0 fully saturated rings. The van der Waals surface area contributed by atoms with Crippen LogP contribution in [0.2, 0.25) is 0 Å². The Morgan fingerprint density at radius 2 is 1.64 bits per heavy atom. The first-order valence-corrected chi connectivity index (χ1v) is 5.65. The van der Waals surface area contributed by atoms with Crippen LogP contribution in [0.5, 0.6) is 0 Å². The van der Waals surface area contributed by atoms with E-state index in [4.69, 9.17) is 0 Å². The van der Waals surface area contributed by atoms with Gasteiger partial charge in [0.25, 0.3) is 0 Å². The lowest BCUT2D eigenvalue weighted by atomic mass is 10.3. The second kappa shape index (κ2) is 4.38. The van der Waals surface area contributed by atoms with Crippen LogP contribution in [0.4, 0.5) is 0 Å². The molecule has 0 atom stereocenters. The highest BCUT2D eigenvalue weighted by Gasteiger charge is 2.09. The van der Waals surface area contributed by atoms with Gasteiger partial charge in [-0.25, -0.2) is 0 Å². The molecule has 0 bridgehead atoms. The Labute approximate surface area is 92.2 Å². The number of para-hydroxylation sites is 1. The Morgan fingerprint density at radius 1 is 0.929 bits per heavy atom. The Kier molecular flexibility index (Phi) is 2.94. The Balaban J connectivity index is 2.51. The second-order valence-corrected chi connectivity index (χ2v) is 3.59. The minimum absolute atomic E-state index is 0.864. The summed E-state index contributed by atoms with van der Waals surface area (Å²) in [5.41, 5.74) is 2.45. The van der Waals surface area contributed by atoms with Crippen molar-refractivity contribution in [2.24, 2.45) is 0 Å². The van der Waals surface area contributed by atoms with E-state index in [1.54, 1.807) is 0 Å². The van der Waals surface area contributed by atoms with E-state index >= 15 is 0 Å². The number of benzene rings is 1. The zero-order valence-corrected chi connectivity index (χ0v) is 9.31. The lowest BCUT2D eigenvalue weighted by molar-refractivity contribution is -0.603. The lowest BCUT2D eigenvalue weighted by Crippen LogP contribution is -2.34. The van der Waals surface area contributed by atoms with Crippen LogP contribution < -0.4 is 4.57 Å². The molecule has 0 aliphatic rings. The summed E-state index contributed by atoms with van der Waals surface area (Å²) in [5.74, 6) is 0. The Bertz CT molecular complexity index is 412. The fraction of sp³-hybridized carbons (Fsp3) is 0.0833. The summed E-state index contributed by atoms with van der Waals surface area (Å²) < 4.78 is 2.18. The first-order chi connectivity index (χ1) is 6.92. The maximum atomic E-state index is 3.48. The van der Waals surface area contributed by atoms with Crippen molar-refractivity contribution >= 4 is 15.9 Å². The highest BCUT2D eigenvalue weighted by atomic mass is 79.9. The summed E-state index contributed by atoms with van der Waals surface area (Å²) in [4.78, 5) is 0. The van der Waals surface area contributed by atoms with E-state index in [0.29, 0.717) is 0 Å². The molecule has 0 saturated heterocycles. The third kappa shape index (κ3) is 1.85. The van der Waals surface area contributed by atoms with E-state index in [0.717, 1.165) is 5.33 Å². The molecular weight excluding hydrogens is 238 g/mol. The molecule has 0 unspecified atom stereocenters. The summed E-state index contributed by atoms with van der Waals surface area (Å²) in [5, 5.41) is 0.864. The van der Waals surface area contributed by atoms with Gasteiger partial charge in [0.15, 0.2) is 11.9 Å². The van der Waals surface area contributed by atoms with Gasteiger partial charge in [0, 0.05) is 24.3 Å². The number of nitrogens with zero attached hydrogens (tertiary/aromatic N) is 1. The van der Waals surface area contributed by atoms with Crippen molar-refractivity contribution < 1.29 is 4.57 Å². The van der Waals surface area contributed by atoms with Gasteiger partial charge in [-0.15, -0.1) is 0 Å². The van der Waals surface area contributed by atoms with Gasteiger partial charge in [-0.1, -0.05) is 40.2 Å². The van der Waals surface area contributed by atoms with E-state index in [1.807, 2.05) is 24.3 Å². The highest BCUT2D eigenvalue weighted by molar-refractivity contribution is 9.08. The SMILES string of the molecule is BrCc1cccc[n+]1-c1ccccc1. The molecule has 0 spiro atoms. The maximum absolute atomic E-state index is 3.48. The quantitative estimate of drug-likeness (QED) is 0.569. The van der Waals surface area contributed by atoms with Crippen LogP contribution in [0.15, 0.2) is 54.7 Å². The van der Waals surface area contributed by atoms with Crippen molar-refractivity contribution in [1.29, 1.82) is 0 Å². The van der Waals surface area contributed by atoms with Crippen LogP contribution in [0, 0.1) is 0 Å². The van der Waals surface area contributed by atoms with Crippen LogP contribution in [0.1, 0.15) is 5.69 Å². The van der Waals surface area contributed by atoms with Gasteiger partial charge in [-0.2, -0.15) is 4.57 Å². The molecule has 1 aromatic carbocycles. The third-order valence-electron chi connectivity index (χ3n) is 2.12. The summed E-state index contributed by atoms with van der Waals surface area (Å²) in [7, 11) is 0. The Morgan fingerprint density at radius 3 is 2.36 bits per heavy atom. The molecule has 14 heavy (non-hydrogen) atoms. The van der Waals surface area contributed by atoms with Crippen molar-refractivity contribution in [2.45, 2.75) is 5.33 Å². The highest BCUT2D eigenvalue weighted by Crippen LogP contribution is 2.04. The van der Waals surface area contributed by atoms with Gasteiger partial charge in [-0.05, 0) is 0 Å². The molecule has 2 aromatic rings. The van der Waals surface area contributed by atoms with Crippen LogP contribution in [0.3, 0.4) is 0 Å². The molecule has 0 N–H and O–H groups in total. The minimum atomic E-state index is 0.864. The minimum Gasteiger partial charge on any atom is -0.164 e. The number of aromatic nitrogens is 1. The Hall–Kier alpha value is -1.15. The monoisotopic (exact) mass is 248 g/mol. The van der Waals surface area contributed by atoms with Gasteiger partial charge < -0.3 is 0 Å². The molecule has 0 aliphatic carbocycles. The molecule has 70 valence electrons. The molecule has 2 heteroatoms. The number of alkyl halides is 1. The topological polar surface area (TPSA) is 3.88 Å². The fourth-order valence-electron chi connectivity index (χ4n) is 1.43. The van der Waals surface area contributed by atoms with Crippen LogP contribution in [-0.2, 0) is 5.33 Å². The van der Waals surface area contributed by atoms with Gasteiger partial charge >= 0.3 is 0 Å². The van der Waals surface area contributed by atoms with Crippen LogP contribution >= 0.6 is 15.9 Å². The summed E-state index contributed by atoms with van der Waals surface area (Å²) in [6.07, 6.45) is 2.08. The van der Waals surface area contributed by atoms with Crippen molar-refractivity contribution in [3.05, 3.63) is 60.4 Å². The van der Waals surface area contributed by atoms with Gasteiger partial charge in [0.05, 0.1) is 5.33 Å². The van der Waals surface area contributed by atoms with Crippen LogP contribution in [0.25, 0.3) is 5.69 Å². The standard InChI is InChI=1S/C12H11BrN/c13-10-12-8-4-5-9-14(12)11-6-2-1-3-7-11/h1-9H,10H2/q+1. The zero-order chi connectivity index (χ0) is 9.80. The molecule has 2 rings (SSSR count). The molecule has 1 heterocycles. The van der Waals surface area contributed by atoms with Crippen LogP contribution in [-0.4, -0.2) is 0 Å². The number of hydrogen-bond donors (Lipinski definition) is 0. The molecule has 0 aliphatic heterocycles. The zero-order valence-electron chi connectivity index (χ0n) is 7.73. The lowest BCUT2D eigenvalue weighted by Gasteiger charge is -1.99. The summed E-state index contributed by atoms with van der Waals surface area (Å²) >= 11 is 3.48. The predicted molar refractivity (Wildman–Crippen MR) is 60.6 cm³/mol. The molecule has 0 saturated carbocycles. The van der Waals surface area contributed by atoms with Crippen molar-refractivity contribution in [2.75, 3.05) is 0 Å². The molecule has 1 aromatic heterocycles. The molecule has 0 radical (unpaired) electrons. The normalized spacial score (nSPS) is 10.1. The number of halogens is 1. The molecule has 0 amide bonds. The number of hydrogen-bond acceptors (Lipinski definition) is 0. The van der Waals surface area contributed by atoms with E-state index in [2.05, 4.69) is 51.0 Å². The van der Waals surface area contributed by atoms with E-state index in [1.165, 1.54) is 11.4 Å². The average Bonchev–Trinajstić information content (AvgIpc) is 2.30. The number of rotatable bonds is 2. The molecule has 1 nitrogen and oxygen atoms in total. The largest absolute Gasteiger partial charge is 0.210 e. The van der Waals surface area contributed by atoms with E-state index in [9.17, 15) is 0 Å². The molecular formula is C12H11BrN+. The maximum Gasteiger partial charge on any atom is 0.210 e. The smallest absolute Gasteiger partial charge is 0.164 e. The first kappa shape index (κ1) is 9.41. The predicted octanol–water partition coefficient (Wildman–Crippen LogP) is 2.86. The number of pyridine rings is 1. The van der Waals surface area contributed by atoms with Crippen molar-refractivity contribution in [3.8, 4) is 5.69 Å². The van der Waals surface area contributed by atoms with Crippen molar-refractivity contribution in [1.82, 2.24) is 0 Å². The summed E-state index contributed by atoms with van der Waals surface area (Å²) in [6, 6.07) is 16.5. The van der Waals surface area contributed by atoms with E-state index in [-0.39, 0.29) is 0 Å². The third-order valence-corrected chi connectivity index (χ3v) is 2.69. The second-order valence-electron chi connectivity index (χ2n) is 3.03.